The average molecular weight is 469 g/mol. The lowest BCUT2D eigenvalue weighted by atomic mass is 10.0. The van der Waals surface area contributed by atoms with Gasteiger partial charge in [0.15, 0.2) is 4.80 Å². The van der Waals surface area contributed by atoms with Crippen LogP contribution in [0.3, 0.4) is 0 Å². The van der Waals surface area contributed by atoms with Gasteiger partial charge in [-0.1, -0.05) is 43.4 Å². The molecule has 1 aliphatic heterocycles. The van der Waals surface area contributed by atoms with Crippen LogP contribution in [0, 0.1) is 5.92 Å². The number of thiophene rings is 1. The lowest BCUT2D eigenvalue weighted by molar-refractivity contribution is -0.140. The number of methoxy groups -OCH3 is 1. The first-order valence-corrected chi connectivity index (χ1v) is 12.0. The Bertz CT molecular complexity index is 1350. The maximum Gasteiger partial charge on any atom is 0.338 e. The van der Waals surface area contributed by atoms with Crippen molar-refractivity contribution in [3.8, 4) is 5.75 Å². The van der Waals surface area contributed by atoms with Crippen LogP contribution in [-0.2, 0) is 9.53 Å². The molecule has 1 unspecified atom stereocenters. The molecule has 1 aromatic carbocycles. The Hall–Kier alpha value is -2.97. The second-order valence-electron chi connectivity index (χ2n) is 7.87. The summed E-state index contributed by atoms with van der Waals surface area (Å²) in [7, 11) is 1.61. The van der Waals surface area contributed by atoms with Gasteiger partial charge < -0.3 is 9.47 Å². The zero-order valence-corrected chi connectivity index (χ0v) is 20.0. The molecule has 1 atom stereocenters. The minimum Gasteiger partial charge on any atom is -0.497 e. The van der Waals surface area contributed by atoms with E-state index in [1.165, 1.54) is 22.7 Å². The molecule has 6 nitrogen and oxygen atoms in total. The molecule has 0 amide bonds. The SMILES string of the molecule is COc1cccc(C=c2sc3n(c2=O)C(c2cccs2)C(C(=O)OCC(C)C)=C(C)N=3)c1. The van der Waals surface area contributed by atoms with Gasteiger partial charge in [0.2, 0.25) is 0 Å². The third-order valence-electron chi connectivity index (χ3n) is 4.99. The molecule has 0 saturated heterocycles. The summed E-state index contributed by atoms with van der Waals surface area (Å²) in [5.74, 6) is 0.499. The number of aromatic nitrogens is 1. The van der Waals surface area contributed by atoms with Crippen LogP contribution in [0.4, 0.5) is 0 Å². The number of carbonyl (C=O) groups is 1. The van der Waals surface area contributed by atoms with Crippen molar-refractivity contribution in [3.63, 3.8) is 0 Å². The molecule has 0 radical (unpaired) electrons. The highest BCUT2D eigenvalue weighted by Crippen LogP contribution is 2.33. The molecule has 2 aromatic heterocycles. The van der Waals surface area contributed by atoms with E-state index in [0.29, 0.717) is 33.0 Å². The Morgan fingerprint density at radius 2 is 2.09 bits per heavy atom. The van der Waals surface area contributed by atoms with Crippen molar-refractivity contribution in [1.82, 2.24) is 4.57 Å². The number of benzene rings is 1. The van der Waals surface area contributed by atoms with E-state index in [0.717, 1.165) is 10.4 Å². The van der Waals surface area contributed by atoms with Crippen LogP contribution in [0.25, 0.3) is 6.08 Å². The Morgan fingerprint density at radius 1 is 1.28 bits per heavy atom. The monoisotopic (exact) mass is 468 g/mol. The molecule has 3 aromatic rings. The minimum atomic E-state index is -0.557. The molecule has 32 heavy (non-hydrogen) atoms. The normalized spacial score (nSPS) is 16.2. The lowest BCUT2D eigenvalue weighted by Crippen LogP contribution is -2.39. The fraction of sp³-hybridized carbons (Fsp3) is 0.292. The largest absolute Gasteiger partial charge is 0.497 e. The number of hydrogen-bond acceptors (Lipinski definition) is 7. The minimum absolute atomic E-state index is 0.184. The second kappa shape index (κ2) is 9.26. The number of ether oxygens (including phenoxy) is 2. The van der Waals surface area contributed by atoms with E-state index in [2.05, 4.69) is 4.99 Å². The van der Waals surface area contributed by atoms with Gasteiger partial charge in [-0.15, -0.1) is 11.3 Å². The summed E-state index contributed by atoms with van der Waals surface area (Å²) >= 11 is 2.81. The van der Waals surface area contributed by atoms with Crippen LogP contribution in [0.5, 0.6) is 5.75 Å². The number of carbonyl (C=O) groups excluding carboxylic acids is 1. The molecule has 1 aliphatic rings. The Morgan fingerprint density at radius 3 is 2.78 bits per heavy atom. The van der Waals surface area contributed by atoms with Crippen molar-refractivity contribution >= 4 is 34.7 Å². The molecular weight excluding hydrogens is 444 g/mol. The fourth-order valence-electron chi connectivity index (χ4n) is 3.50. The molecule has 0 aliphatic carbocycles. The first-order chi connectivity index (χ1) is 15.4. The van der Waals surface area contributed by atoms with Crippen LogP contribution < -0.4 is 19.6 Å². The van der Waals surface area contributed by atoms with Crippen LogP contribution in [0.15, 0.2) is 62.8 Å². The van der Waals surface area contributed by atoms with Crippen molar-refractivity contribution in [3.05, 3.63) is 83.2 Å². The van der Waals surface area contributed by atoms with Crippen molar-refractivity contribution < 1.29 is 14.3 Å². The lowest BCUT2D eigenvalue weighted by Gasteiger charge is -2.23. The third kappa shape index (κ3) is 4.33. The van der Waals surface area contributed by atoms with Gasteiger partial charge in [-0.3, -0.25) is 9.36 Å². The summed E-state index contributed by atoms with van der Waals surface area (Å²) < 4.78 is 13.0. The van der Waals surface area contributed by atoms with Crippen LogP contribution in [-0.4, -0.2) is 24.3 Å². The number of nitrogens with zero attached hydrogens (tertiary/aromatic N) is 2. The predicted octanol–water partition coefficient (Wildman–Crippen LogP) is 3.50. The summed E-state index contributed by atoms with van der Waals surface area (Å²) in [4.78, 5) is 32.6. The van der Waals surface area contributed by atoms with Gasteiger partial charge in [0.25, 0.3) is 5.56 Å². The topological polar surface area (TPSA) is 69.9 Å². The van der Waals surface area contributed by atoms with E-state index >= 15 is 0 Å². The molecule has 0 fully saturated rings. The van der Waals surface area contributed by atoms with Crippen molar-refractivity contribution in [2.75, 3.05) is 13.7 Å². The van der Waals surface area contributed by atoms with Gasteiger partial charge in [0.05, 0.1) is 29.5 Å². The van der Waals surface area contributed by atoms with E-state index in [1.54, 1.807) is 18.6 Å². The average Bonchev–Trinajstić information content (AvgIpc) is 3.40. The molecule has 166 valence electrons. The molecule has 0 bridgehead atoms. The van der Waals surface area contributed by atoms with Gasteiger partial charge in [-0.2, -0.15) is 0 Å². The predicted molar refractivity (Wildman–Crippen MR) is 127 cm³/mol. The van der Waals surface area contributed by atoms with Crippen LogP contribution >= 0.6 is 22.7 Å². The highest BCUT2D eigenvalue weighted by molar-refractivity contribution is 7.10. The Balaban J connectivity index is 1.86. The number of hydrogen-bond donors (Lipinski definition) is 0. The smallest absolute Gasteiger partial charge is 0.338 e. The van der Waals surface area contributed by atoms with Gasteiger partial charge in [-0.05, 0) is 48.1 Å². The quantitative estimate of drug-likeness (QED) is 0.519. The molecule has 0 saturated carbocycles. The maximum absolute atomic E-state index is 13.5. The summed E-state index contributed by atoms with van der Waals surface area (Å²) in [5, 5.41) is 1.94. The molecule has 0 spiro atoms. The standard InChI is InChI=1S/C24H24N2O4S2/c1-14(2)13-30-23(28)20-15(3)25-24-26(21(20)18-9-6-10-31-18)22(27)19(32-24)12-16-7-5-8-17(11-16)29-4/h5-12,14,21H,13H2,1-4H3. The fourth-order valence-corrected chi connectivity index (χ4v) is 5.37. The van der Waals surface area contributed by atoms with E-state index in [1.807, 2.05) is 61.7 Å². The van der Waals surface area contributed by atoms with E-state index in [4.69, 9.17) is 9.47 Å². The van der Waals surface area contributed by atoms with Gasteiger partial charge in [0, 0.05) is 4.88 Å². The highest BCUT2D eigenvalue weighted by Gasteiger charge is 2.34. The first kappa shape index (κ1) is 22.2. The van der Waals surface area contributed by atoms with Gasteiger partial charge in [-0.25, -0.2) is 9.79 Å². The first-order valence-electron chi connectivity index (χ1n) is 10.3. The van der Waals surface area contributed by atoms with Crippen molar-refractivity contribution in [2.24, 2.45) is 10.9 Å². The molecule has 0 N–H and O–H groups in total. The molecule has 3 heterocycles. The van der Waals surface area contributed by atoms with Crippen molar-refractivity contribution in [1.29, 1.82) is 0 Å². The van der Waals surface area contributed by atoms with Crippen LogP contribution in [0.2, 0.25) is 0 Å². The van der Waals surface area contributed by atoms with Gasteiger partial charge >= 0.3 is 5.97 Å². The summed E-state index contributed by atoms with van der Waals surface area (Å²) in [6, 6.07) is 10.8. The summed E-state index contributed by atoms with van der Waals surface area (Å²) in [5.41, 5.74) is 1.66. The summed E-state index contributed by atoms with van der Waals surface area (Å²) in [6.45, 7) is 6.08. The second-order valence-corrected chi connectivity index (χ2v) is 9.85. The highest BCUT2D eigenvalue weighted by atomic mass is 32.1. The molecular formula is C24H24N2O4S2. The number of esters is 1. The number of rotatable bonds is 6. The molecule has 8 heteroatoms. The summed E-state index contributed by atoms with van der Waals surface area (Å²) in [6.07, 6.45) is 1.83. The zero-order chi connectivity index (χ0) is 22.8. The van der Waals surface area contributed by atoms with Crippen molar-refractivity contribution in [2.45, 2.75) is 26.8 Å². The number of fused-ring (bicyclic) bond motifs is 1. The van der Waals surface area contributed by atoms with Gasteiger partial charge in [0.1, 0.15) is 11.8 Å². The molecule has 4 rings (SSSR count). The number of thiazole rings is 1. The third-order valence-corrected chi connectivity index (χ3v) is 6.90. The zero-order valence-electron chi connectivity index (χ0n) is 18.3. The van der Waals surface area contributed by atoms with Crippen LogP contribution in [0.1, 0.15) is 37.3 Å². The number of allylic oxidation sites excluding steroid dienone is 1. The Kier molecular flexibility index (Phi) is 6.43. The van der Waals surface area contributed by atoms with E-state index in [-0.39, 0.29) is 11.5 Å². The van der Waals surface area contributed by atoms with E-state index in [9.17, 15) is 9.59 Å². The Labute approximate surface area is 193 Å². The maximum atomic E-state index is 13.5. The van der Waals surface area contributed by atoms with E-state index < -0.39 is 12.0 Å².